The molecule has 0 aliphatic rings. The Labute approximate surface area is 128 Å². The standard InChI is InChI=1S/C16H27ClN2O/c1-5-8-18-12-14-6-7-15(17)11-16(14)19(13(2)3)9-10-20-4/h6-7,11,13,18H,5,8-10,12H2,1-4H3. The highest BCUT2D eigenvalue weighted by Gasteiger charge is 2.14. The molecule has 114 valence electrons. The van der Waals surface area contributed by atoms with Gasteiger partial charge in [0, 0.05) is 37.0 Å². The third-order valence-electron chi connectivity index (χ3n) is 3.26. The summed E-state index contributed by atoms with van der Waals surface area (Å²) < 4.78 is 5.22. The van der Waals surface area contributed by atoms with E-state index in [-0.39, 0.29) is 0 Å². The van der Waals surface area contributed by atoms with E-state index in [1.165, 1.54) is 11.3 Å². The summed E-state index contributed by atoms with van der Waals surface area (Å²) >= 11 is 6.18. The van der Waals surface area contributed by atoms with Crippen molar-refractivity contribution < 1.29 is 4.74 Å². The van der Waals surface area contributed by atoms with Crippen molar-refractivity contribution in [3.8, 4) is 0 Å². The predicted octanol–water partition coefficient (Wildman–Crippen LogP) is 3.70. The molecule has 1 rings (SSSR count). The molecule has 1 N–H and O–H groups in total. The minimum atomic E-state index is 0.411. The van der Waals surface area contributed by atoms with Crippen LogP contribution in [0.3, 0.4) is 0 Å². The Morgan fingerprint density at radius 1 is 1.35 bits per heavy atom. The summed E-state index contributed by atoms with van der Waals surface area (Å²) in [4.78, 5) is 2.35. The molecule has 0 unspecified atom stereocenters. The minimum Gasteiger partial charge on any atom is -0.383 e. The Bertz CT molecular complexity index is 396. The molecule has 1 aromatic rings. The molecule has 0 amide bonds. The van der Waals surface area contributed by atoms with Gasteiger partial charge in [-0.15, -0.1) is 0 Å². The maximum atomic E-state index is 6.18. The van der Waals surface area contributed by atoms with E-state index in [0.717, 1.165) is 31.1 Å². The first-order valence-electron chi connectivity index (χ1n) is 7.34. The van der Waals surface area contributed by atoms with E-state index in [1.54, 1.807) is 7.11 Å². The van der Waals surface area contributed by atoms with E-state index in [0.29, 0.717) is 12.6 Å². The summed E-state index contributed by atoms with van der Waals surface area (Å²) in [6.45, 7) is 10.1. The van der Waals surface area contributed by atoms with Gasteiger partial charge in [-0.05, 0) is 44.5 Å². The molecular formula is C16H27ClN2O. The summed E-state index contributed by atoms with van der Waals surface area (Å²) in [5, 5.41) is 4.24. The van der Waals surface area contributed by atoms with Gasteiger partial charge >= 0.3 is 0 Å². The fourth-order valence-corrected chi connectivity index (χ4v) is 2.37. The molecule has 0 radical (unpaired) electrons. The summed E-state index contributed by atoms with van der Waals surface area (Å²) in [6.07, 6.45) is 1.14. The smallest absolute Gasteiger partial charge is 0.0637 e. The van der Waals surface area contributed by atoms with Crippen LogP contribution in [0.2, 0.25) is 5.02 Å². The van der Waals surface area contributed by atoms with Crippen molar-refractivity contribution in [2.45, 2.75) is 39.8 Å². The zero-order valence-electron chi connectivity index (χ0n) is 13.1. The highest BCUT2D eigenvalue weighted by molar-refractivity contribution is 6.30. The number of nitrogens with one attached hydrogen (secondary N) is 1. The van der Waals surface area contributed by atoms with E-state index in [2.05, 4.69) is 43.1 Å². The van der Waals surface area contributed by atoms with Gasteiger partial charge < -0.3 is 15.0 Å². The SMILES string of the molecule is CCCNCc1ccc(Cl)cc1N(CCOC)C(C)C. The van der Waals surface area contributed by atoms with Gasteiger partial charge in [0.2, 0.25) is 0 Å². The van der Waals surface area contributed by atoms with Gasteiger partial charge in [0.25, 0.3) is 0 Å². The molecule has 0 atom stereocenters. The van der Waals surface area contributed by atoms with E-state index >= 15 is 0 Å². The molecular weight excluding hydrogens is 272 g/mol. The highest BCUT2D eigenvalue weighted by atomic mass is 35.5. The van der Waals surface area contributed by atoms with Crippen LogP contribution in [0.4, 0.5) is 5.69 Å². The normalized spacial score (nSPS) is 11.1. The third kappa shape index (κ3) is 5.31. The Hall–Kier alpha value is -0.770. The molecule has 0 saturated carbocycles. The van der Waals surface area contributed by atoms with Crippen LogP contribution >= 0.6 is 11.6 Å². The van der Waals surface area contributed by atoms with Gasteiger partial charge in [0.05, 0.1) is 6.61 Å². The Balaban J connectivity index is 2.94. The third-order valence-corrected chi connectivity index (χ3v) is 3.49. The molecule has 0 aromatic heterocycles. The number of benzene rings is 1. The van der Waals surface area contributed by atoms with Crippen molar-refractivity contribution in [2.24, 2.45) is 0 Å². The van der Waals surface area contributed by atoms with Gasteiger partial charge in [-0.25, -0.2) is 0 Å². The average molecular weight is 299 g/mol. The summed E-state index contributed by atoms with van der Waals surface area (Å²) in [5.74, 6) is 0. The Morgan fingerprint density at radius 3 is 2.70 bits per heavy atom. The number of nitrogens with zero attached hydrogens (tertiary/aromatic N) is 1. The number of ether oxygens (including phenoxy) is 1. The lowest BCUT2D eigenvalue weighted by Gasteiger charge is -2.31. The molecule has 0 heterocycles. The molecule has 0 saturated heterocycles. The summed E-state index contributed by atoms with van der Waals surface area (Å²) in [7, 11) is 1.74. The Kier molecular flexibility index (Phi) is 7.97. The second kappa shape index (κ2) is 9.22. The largest absolute Gasteiger partial charge is 0.383 e. The van der Waals surface area contributed by atoms with E-state index in [1.807, 2.05) is 6.07 Å². The number of halogens is 1. The molecule has 0 fully saturated rings. The summed E-state index contributed by atoms with van der Waals surface area (Å²) in [5.41, 5.74) is 2.49. The summed E-state index contributed by atoms with van der Waals surface area (Å²) in [6, 6.07) is 6.54. The lowest BCUT2D eigenvalue weighted by Crippen LogP contribution is -2.35. The monoisotopic (exact) mass is 298 g/mol. The topological polar surface area (TPSA) is 24.5 Å². The number of hydrogen-bond acceptors (Lipinski definition) is 3. The predicted molar refractivity (Wildman–Crippen MR) is 87.8 cm³/mol. The fraction of sp³-hybridized carbons (Fsp3) is 0.625. The van der Waals surface area contributed by atoms with Crippen molar-refractivity contribution in [1.82, 2.24) is 5.32 Å². The number of methoxy groups -OCH3 is 1. The lowest BCUT2D eigenvalue weighted by atomic mass is 10.1. The molecule has 0 bridgehead atoms. The second-order valence-corrected chi connectivity index (χ2v) is 5.67. The van der Waals surface area contributed by atoms with Gasteiger partial charge in [0.1, 0.15) is 0 Å². The van der Waals surface area contributed by atoms with Gasteiger partial charge in [0.15, 0.2) is 0 Å². The van der Waals surface area contributed by atoms with Crippen molar-refractivity contribution >= 4 is 17.3 Å². The number of hydrogen-bond donors (Lipinski definition) is 1. The Morgan fingerprint density at radius 2 is 2.10 bits per heavy atom. The first-order valence-corrected chi connectivity index (χ1v) is 7.72. The molecule has 20 heavy (non-hydrogen) atoms. The van der Waals surface area contributed by atoms with E-state index in [9.17, 15) is 0 Å². The van der Waals surface area contributed by atoms with Crippen LogP contribution in [-0.4, -0.2) is 32.8 Å². The van der Waals surface area contributed by atoms with E-state index < -0.39 is 0 Å². The van der Waals surface area contributed by atoms with Crippen LogP contribution in [0, 0.1) is 0 Å². The average Bonchev–Trinajstić information content (AvgIpc) is 2.41. The van der Waals surface area contributed by atoms with Crippen LogP contribution in [-0.2, 0) is 11.3 Å². The zero-order chi connectivity index (χ0) is 15.0. The van der Waals surface area contributed by atoms with Gasteiger partial charge in [-0.1, -0.05) is 24.6 Å². The van der Waals surface area contributed by atoms with Crippen LogP contribution in [0.25, 0.3) is 0 Å². The van der Waals surface area contributed by atoms with Crippen molar-refractivity contribution in [1.29, 1.82) is 0 Å². The maximum Gasteiger partial charge on any atom is 0.0637 e. The first kappa shape index (κ1) is 17.3. The van der Waals surface area contributed by atoms with Gasteiger partial charge in [-0.3, -0.25) is 0 Å². The molecule has 4 heteroatoms. The van der Waals surface area contributed by atoms with Crippen LogP contribution < -0.4 is 10.2 Å². The van der Waals surface area contributed by atoms with Crippen LogP contribution in [0.15, 0.2) is 18.2 Å². The lowest BCUT2D eigenvalue weighted by molar-refractivity contribution is 0.204. The van der Waals surface area contributed by atoms with Gasteiger partial charge in [-0.2, -0.15) is 0 Å². The first-order chi connectivity index (χ1) is 9.60. The number of rotatable bonds is 9. The zero-order valence-corrected chi connectivity index (χ0v) is 13.8. The van der Waals surface area contributed by atoms with Crippen molar-refractivity contribution in [2.75, 3.05) is 31.7 Å². The molecule has 3 nitrogen and oxygen atoms in total. The maximum absolute atomic E-state index is 6.18. The van der Waals surface area contributed by atoms with Crippen LogP contribution in [0.1, 0.15) is 32.8 Å². The van der Waals surface area contributed by atoms with E-state index in [4.69, 9.17) is 16.3 Å². The molecule has 0 spiro atoms. The van der Waals surface area contributed by atoms with Crippen LogP contribution in [0.5, 0.6) is 0 Å². The minimum absolute atomic E-state index is 0.411. The molecule has 1 aromatic carbocycles. The highest BCUT2D eigenvalue weighted by Crippen LogP contribution is 2.26. The second-order valence-electron chi connectivity index (χ2n) is 5.23. The molecule has 0 aliphatic carbocycles. The van der Waals surface area contributed by atoms with Crippen molar-refractivity contribution in [3.05, 3.63) is 28.8 Å². The van der Waals surface area contributed by atoms with Crippen molar-refractivity contribution in [3.63, 3.8) is 0 Å². The number of anilines is 1. The quantitative estimate of drug-likeness (QED) is 0.704. The molecule has 0 aliphatic heterocycles. The fourth-order valence-electron chi connectivity index (χ4n) is 2.20.